The Morgan fingerprint density at radius 2 is 2.09 bits per heavy atom. The largest absolute Gasteiger partial charge is 0.488 e. The Labute approximate surface area is 140 Å². The van der Waals surface area contributed by atoms with Crippen molar-refractivity contribution in [2.45, 2.75) is 39.0 Å². The van der Waals surface area contributed by atoms with Crippen LogP contribution >= 0.6 is 11.6 Å². The van der Waals surface area contributed by atoms with Crippen LogP contribution in [0.25, 0.3) is 0 Å². The van der Waals surface area contributed by atoms with Gasteiger partial charge in [0.05, 0.1) is 5.69 Å². The van der Waals surface area contributed by atoms with Crippen molar-refractivity contribution in [3.63, 3.8) is 0 Å². The van der Waals surface area contributed by atoms with Crippen LogP contribution in [-0.2, 0) is 6.54 Å². The number of hydrogen-bond acceptors (Lipinski definition) is 5. The van der Waals surface area contributed by atoms with E-state index in [1.54, 1.807) is 12.1 Å². The second-order valence-electron chi connectivity index (χ2n) is 6.00. The number of halogens is 1. The molecule has 2 heterocycles. The number of benzene rings is 1. The third kappa shape index (κ3) is 3.86. The molecule has 2 aromatic rings. The lowest BCUT2D eigenvalue weighted by molar-refractivity contribution is -0.0276. The van der Waals surface area contributed by atoms with Crippen LogP contribution in [-0.4, -0.2) is 40.5 Å². The zero-order chi connectivity index (χ0) is 16.4. The van der Waals surface area contributed by atoms with Crippen molar-refractivity contribution in [1.82, 2.24) is 10.1 Å². The normalized spacial score (nSPS) is 22.3. The molecule has 0 bridgehead atoms. The molecular weight excluding hydrogens is 316 g/mol. The van der Waals surface area contributed by atoms with Crippen LogP contribution in [0.2, 0.25) is 5.02 Å². The van der Waals surface area contributed by atoms with Crippen LogP contribution in [0.3, 0.4) is 0 Å². The number of ether oxygens (including phenoxy) is 1. The number of rotatable bonds is 4. The lowest BCUT2D eigenvalue weighted by Gasteiger charge is -2.35. The maximum atomic E-state index is 10.4. The molecule has 5 nitrogen and oxygen atoms in total. The van der Waals surface area contributed by atoms with Crippen molar-refractivity contribution in [3.8, 4) is 5.75 Å². The molecule has 0 unspecified atom stereocenters. The number of β-amino-alcohol motifs (C(OH)–C–C–N with tert-alkyl or cyclic N) is 1. The molecule has 2 atom stereocenters. The number of aliphatic hydroxyl groups excluding tert-OH is 1. The summed E-state index contributed by atoms with van der Waals surface area (Å²) in [4.78, 5) is 2.21. The number of aliphatic hydroxyl groups is 1. The van der Waals surface area contributed by atoms with Crippen molar-refractivity contribution in [2.75, 3.05) is 13.1 Å². The van der Waals surface area contributed by atoms with Gasteiger partial charge in [-0.2, -0.15) is 0 Å². The number of piperidine rings is 1. The molecule has 0 amide bonds. The van der Waals surface area contributed by atoms with Crippen LogP contribution in [0.15, 0.2) is 28.8 Å². The maximum Gasteiger partial charge on any atom is 0.138 e. The van der Waals surface area contributed by atoms with Crippen LogP contribution in [0.4, 0.5) is 0 Å². The molecule has 23 heavy (non-hydrogen) atoms. The fourth-order valence-electron chi connectivity index (χ4n) is 2.90. The van der Waals surface area contributed by atoms with E-state index in [-0.39, 0.29) is 6.10 Å². The summed E-state index contributed by atoms with van der Waals surface area (Å²) in [7, 11) is 0. The van der Waals surface area contributed by atoms with E-state index in [4.69, 9.17) is 20.9 Å². The second kappa shape index (κ2) is 6.91. The first-order valence-corrected chi connectivity index (χ1v) is 8.15. The minimum atomic E-state index is -0.528. The van der Waals surface area contributed by atoms with Crippen molar-refractivity contribution in [1.29, 1.82) is 0 Å². The van der Waals surface area contributed by atoms with Gasteiger partial charge in [-0.05, 0) is 44.5 Å². The smallest absolute Gasteiger partial charge is 0.138 e. The Hall–Kier alpha value is -1.56. The Kier molecular flexibility index (Phi) is 4.90. The highest BCUT2D eigenvalue weighted by Crippen LogP contribution is 2.23. The molecule has 1 N–H and O–H groups in total. The minimum absolute atomic E-state index is 0.197. The van der Waals surface area contributed by atoms with E-state index in [1.165, 1.54) is 0 Å². The molecule has 6 heteroatoms. The van der Waals surface area contributed by atoms with E-state index in [0.29, 0.717) is 11.6 Å². The van der Waals surface area contributed by atoms with Crippen molar-refractivity contribution in [3.05, 3.63) is 46.3 Å². The molecule has 1 aromatic carbocycles. The van der Waals surface area contributed by atoms with E-state index in [1.807, 2.05) is 26.0 Å². The first kappa shape index (κ1) is 16.3. The molecule has 0 aliphatic carbocycles. The van der Waals surface area contributed by atoms with Gasteiger partial charge in [-0.1, -0.05) is 16.8 Å². The summed E-state index contributed by atoms with van der Waals surface area (Å²) in [6.07, 6.45) is 0.0460. The number of aryl methyl sites for hydroxylation is 2. The van der Waals surface area contributed by atoms with Gasteiger partial charge in [0.1, 0.15) is 23.7 Å². The molecule has 1 aliphatic rings. The average molecular weight is 337 g/mol. The monoisotopic (exact) mass is 336 g/mol. The highest BCUT2D eigenvalue weighted by atomic mass is 35.5. The predicted octanol–water partition coefficient (Wildman–Crippen LogP) is 2.96. The van der Waals surface area contributed by atoms with Crippen LogP contribution in [0.5, 0.6) is 5.75 Å². The van der Waals surface area contributed by atoms with E-state index < -0.39 is 6.10 Å². The lowest BCUT2D eigenvalue weighted by Crippen LogP contribution is -2.48. The molecule has 1 fully saturated rings. The Morgan fingerprint density at radius 1 is 1.35 bits per heavy atom. The summed E-state index contributed by atoms with van der Waals surface area (Å²) in [5, 5.41) is 15.0. The minimum Gasteiger partial charge on any atom is -0.488 e. The average Bonchev–Trinajstić information content (AvgIpc) is 2.84. The lowest BCUT2D eigenvalue weighted by atomic mass is 10.0. The van der Waals surface area contributed by atoms with Gasteiger partial charge in [-0.3, -0.25) is 4.90 Å². The quantitative estimate of drug-likeness (QED) is 0.930. The molecule has 3 rings (SSSR count). The Balaban J connectivity index is 1.58. The van der Waals surface area contributed by atoms with E-state index in [0.717, 1.165) is 42.3 Å². The van der Waals surface area contributed by atoms with E-state index in [2.05, 4.69) is 10.1 Å². The molecule has 124 valence electrons. The van der Waals surface area contributed by atoms with Gasteiger partial charge in [0.15, 0.2) is 0 Å². The maximum absolute atomic E-state index is 10.4. The molecule has 1 aliphatic heterocycles. The van der Waals surface area contributed by atoms with E-state index in [9.17, 15) is 5.11 Å². The Bertz CT molecular complexity index is 637. The zero-order valence-electron chi connectivity index (χ0n) is 13.3. The van der Waals surface area contributed by atoms with Gasteiger partial charge in [0.25, 0.3) is 0 Å². The third-order valence-corrected chi connectivity index (χ3v) is 4.52. The van der Waals surface area contributed by atoms with Gasteiger partial charge in [0, 0.05) is 30.2 Å². The van der Waals surface area contributed by atoms with Crippen molar-refractivity contribution >= 4 is 11.6 Å². The summed E-state index contributed by atoms with van der Waals surface area (Å²) >= 11 is 5.87. The standard InChI is InChI=1S/C17H21ClN2O3/c1-11-15(12(2)23-19-11)9-20-8-7-17(16(21)10-20)22-14-5-3-13(18)4-6-14/h3-6,16-17,21H,7-10H2,1-2H3/t16-,17-/m1/s1. The first-order valence-electron chi connectivity index (χ1n) is 7.77. The van der Waals surface area contributed by atoms with Gasteiger partial charge in [-0.25, -0.2) is 0 Å². The second-order valence-corrected chi connectivity index (χ2v) is 6.44. The van der Waals surface area contributed by atoms with Gasteiger partial charge >= 0.3 is 0 Å². The van der Waals surface area contributed by atoms with Crippen molar-refractivity contribution in [2.24, 2.45) is 0 Å². The van der Waals surface area contributed by atoms with Gasteiger partial charge in [0.2, 0.25) is 0 Å². The SMILES string of the molecule is Cc1noc(C)c1CN1CC[C@@H](Oc2ccc(Cl)cc2)[C@H](O)C1. The summed E-state index contributed by atoms with van der Waals surface area (Å²) < 4.78 is 11.1. The molecular formula is C17H21ClN2O3. The highest BCUT2D eigenvalue weighted by Gasteiger charge is 2.30. The van der Waals surface area contributed by atoms with Crippen LogP contribution < -0.4 is 4.74 Å². The van der Waals surface area contributed by atoms with E-state index >= 15 is 0 Å². The van der Waals surface area contributed by atoms with Gasteiger partial charge in [-0.15, -0.1) is 0 Å². The molecule has 0 spiro atoms. The van der Waals surface area contributed by atoms with Crippen LogP contribution in [0.1, 0.15) is 23.4 Å². The van der Waals surface area contributed by atoms with Crippen LogP contribution in [0, 0.1) is 13.8 Å². The predicted molar refractivity (Wildman–Crippen MR) is 87.7 cm³/mol. The summed E-state index contributed by atoms with van der Waals surface area (Å²) in [6, 6.07) is 7.22. The molecule has 0 radical (unpaired) electrons. The number of aromatic nitrogens is 1. The third-order valence-electron chi connectivity index (χ3n) is 4.27. The summed E-state index contributed by atoms with van der Waals surface area (Å²) in [6.45, 7) is 6.04. The molecule has 1 aromatic heterocycles. The number of likely N-dealkylation sites (tertiary alicyclic amines) is 1. The fraction of sp³-hybridized carbons (Fsp3) is 0.471. The Morgan fingerprint density at radius 3 is 2.70 bits per heavy atom. The fourth-order valence-corrected chi connectivity index (χ4v) is 3.02. The number of nitrogens with zero attached hydrogens (tertiary/aromatic N) is 2. The first-order chi connectivity index (χ1) is 11.0. The molecule has 1 saturated heterocycles. The van der Waals surface area contributed by atoms with Crippen molar-refractivity contribution < 1.29 is 14.4 Å². The summed E-state index contributed by atoms with van der Waals surface area (Å²) in [5.41, 5.74) is 2.02. The topological polar surface area (TPSA) is 58.7 Å². The highest BCUT2D eigenvalue weighted by molar-refractivity contribution is 6.30. The zero-order valence-corrected chi connectivity index (χ0v) is 14.1. The number of hydrogen-bond donors (Lipinski definition) is 1. The van der Waals surface area contributed by atoms with Gasteiger partial charge < -0.3 is 14.4 Å². The summed E-state index contributed by atoms with van der Waals surface area (Å²) in [5.74, 6) is 1.58. The molecule has 0 saturated carbocycles.